The van der Waals surface area contributed by atoms with Gasteiger partial charge in [0.15, 0.2) is 0 Å². The minimum Gasteiger partial charge on any atom is -0.477 e. The van der Waals surface area contributed by atoms with E-state index >= 15 is 0 Å². The van der Waals surface area contributed by atoms with Crippen LogP contribution >= 0.6 is 11.3 Å². The molecule has 0 spiro atoms. The lowest BCUT2D eigenvalue weighted by molar-refractivity contribution is 0.0690. The molecule has 0 fully saturated rings. The number of carboxylic acid groups (broad SMARTS) is 1. The van der Waals surface area contributed by atoms with E-state index < -0.39 is 5.97 Å². The Kier molecular flexibility index (Phi) is 4.48. The van der Waals surface area contributed by atoms with Crippen molar-refractivity contribution >= 4 is 34.5 Å². The maximum atomic E-state index is 11.0. The summed E-state index contributed by atoms with van der Waals surface area (Å²) < 4.78 is 0. The Labute approximate surface area is 141 Å². The highest BCUT2D eigenvalue weighted by Gasteiger charge is 2.06. The van der Waals surface area contributed by atoms with Gasteiger partial charge in [-0.05, 0) is 17.7 Å². The zero-order valence-corrected chi connectivity index (χ0v) is 13.2. The van der Waals surface area contributed by atoms with E-state index in [9.17, 15) is 4.79 Å². The summed E-state index contributed by atoms with van der Waals surface area (Å²) in [5.41, 5.74) is 10.7. The SMILES string of the molecule is Nc1csc(NN=Cc2ccc(-c3cccc(C(=O)O)n3)cc2)n1. The number of aromatic carboxylic acids is 1. The van der Waals surface area contributed by atoms with Gasteiger partial charge >= 0.3 is 5.97 Å². The van der Waals surface area contributed by atoms with Gasteiger partial charge in [-0.15, -0.1) is 11.3 Å². The van der Waals surface area contributed by atoms with Crippen LogP contribution in [0.1, 0.15) is 16.1 Å². The quantitative estimate of drug-likeness (QED) is 0.486. The summed E-state index contributed by atoms with van der Waals surface area (Å²) in [5.74, 6) is -0.590. The van der Waals surface area contributed by atoms with Crippen LogP contribution in [0.2, 0.25) is 0 Å². The van der Waals surface area contributed by atoms with Crippen molar-refractivity contribution in [1.29, 1.82) is 0 Å². The van der Waals surface area contributed by atoms with E-state index in [0.717, 1.165) is 11.1 Å². The molecule has 3 rings (SSSR count). The number of anilines is 2. The Balaban J connectivity index is 1.71. The number of nitrogens with zero attached hydrogens (tertiary/aromatic N) is 3. The zero-order chi connectivity index (χ0) is 16.9. The third-order valence-electron chi connectivity index (χ3n) is 3.07. The van der Waals surface area contributed by atoms with Gasteiger partial charge in [0.25, 0.3) is 0 Å². The molecule has 120 valence electrons. The van der Waals surface area contributed by atoms with Gasteiger partial charge in [-0.1, -0.05) is 30.3 Å². The Morgan fingerprint density at radius 2 is 2.00 bits per heavy atom. The first-order chi connectivity index (χ1) is 11.6. The van der Waals surface area contributed by atoms with Crippen LogP contribution in [0.5, 0.6) is 0 Å². The summed E-state index contributed by atoms with van der Waals surface area (Å²) in [6, 6.07) is 12.4. The molecule has 0 unspecified atom stereocenters. The van der Waals surface area contributed by atoms with E-state index in [1.165, 1.54) is 17.4 Å². The highest BCUT2D eigenvalue weighted by atomic mass is 32.1. The molecule has 0 radical (unpaired) electrons. The molecule has 0 aliphatic carbocycles. The standard InChI is InChI=1S/C16H13N5O2S/c17-14-9-24-16(20-14)21-18-8-10-4-6-11(7-5-10)12-2-1-3-13(19-12)15(22)23/h1-9H,17H2,(H,20,21)(H,22,23). The smallest absolute Gasteiger partial charge is 0.354 e. The molecule has 0 aliphatic heterocycles. The fourth-order valence-electron chi connectivity index (χ4n) is 1.95. The van der Waals surface area contributed by atoms with E-state index in [2.05, 4.69) is 20.5 Å². The van der Waals surface area contributed by atoms with Crippen molar-refractivity contribution in [2.75, 3.05) is 11.2 Å². The number of rotatable bonds is 5. The van der Waals surface area contributed by atoms with Gasteiger partial charge in [0.2, 0.25) is 5.13 Å². The first-order valence-electron chi connectivity index (χ1n) is 6.93. The third kappa shape index (κ3) is 3.73. The molecule has 0 saturated carbocycles. The number of benzene rings is 1. The number of nitrogens with two attached hydrogens (primary N) is 1. The molecule has 0 atom stereocenters. The van der Waals surface area contributed by atoms with Gasteiger partial charge in [0.05, 0.1) is 11.9 Å². The van der Waals surface area contributed by atoms with Gasteiger partial charge < -0.3 is 10.8 Å². The predicted molar refractivity (Wildman–Crippen MR) is 94.4 cm³/mol. The summed E-state index contributed by atoms with van der Waals surface area (Å²) in [6.45, 7) is 0. The van der Waals surface area contributed by atoms with Crippen molar-refractivity contribution in [3.8, 4) is 11.3 Å². The Morgan fingerprint density at radius 1 is 1.21 bits per heavy atom. The average Bonchev–Trinajstić information content (AvgIpc) is 3.01. The van der Waals surface area contributed by atoms with Crippen LogP contribution in [0.3, 0.4) is 0 Å². The summed E-state index contributed by atoms with van der Waals surface area (Å²) in [4.78, 5) is 19.1. The maximum Gasteiger partial charge on any atom is 0.354 e. The molecular weight excluding hydrogens is 326 g/mol. The second-order valence-corrected chi connectivity index (χ2v) is 5.64. The van der Waals surface area contributed by atoms with Crippen molar-refractivity contribution in [2.24, 2.45) is 5.10 Å². The summed E-state index contributed by atoms with van der Waals surface area (Å²) in [6.07, 6.45) is 1.66. The number of aromatic nitrogens is 2. The first kappa shape index (κ1) is 15.6. The third-order valence-corrected chi connectivity index (χ3v) is 3.84. The Hall–Kier alpha value is -3.26. The predicted octanol–water partition coefficient (Wildman–Crippen LogP) is 2.93. The second kappa shape index (κ2) is 6.88. The molecule has 0 amide bonds. The maximum absolute atomic E-state index is 11.0. The molecule has 0 saturated heterocycles. The summed E-state index contributed by atoms with van der Waals surface area (Å²) >= 11 is 1.37. The molecule has 2 aromatic heterocycles. The monoisotopic (exact) mass is 339 g/mol. The average molecular weight is 339 g/mol. The highest BCUT2D eigenvalue weighted by Crippen LogP contribution is 2.18. The molecule has 2 heterocycles. The normalized spacial score (nSPS) is 10.8. The number of hydrogen-bond acceptors (Lipinski definition) is 7. The van der Waals surface area contributed by atoms with Crippen LogP contribution in [-0.4, -0.2) is 27.3 Å². The van der Waals surface area contributed by atoms with Crippen molar-refractivity contribution in [3.63, 3.8) is 0 Å². The summed E-state index contributed by atoms with van der Waals surface area (Å²) in [5, 5.41) is 15.4. The van der Waals surface area contributed by atoms with Crippen LogP contribution < -0.4 is 11.2 Å². The second-order valence-electron chi connectivity index (χ2n) is 4.78. The molecule has 3 aromatic rings. The van der Waals surface area contributed by atoms with Crippen molar-refractivity contribution in [3.05, 3.63) is 59.1 Å². The molecule has 24 heavy (non-hydrogen) atoms. The number of hydrogen-bond donors (Lipinski definition) is 3. The molecule has 4 N–H and O–H groups in total. The minimum absolute atomic E-state index is 0.0186. The fourth-order valence-corrected chi connectivity index (χ4v) is 2.50. The number of carbonyl (C=O) groups is 1. The zero-order valence-electron chi connectivity index (χ0n) is 12.4. The van der Waals surface area contributed by atoms with Gasteiger partial charge in [0.1, 0.15) is 11.5 Å². The lowest BCUT2D eigenvalue weighted by Gasteiger charge is -2.02. The highest BCUT2D eigenvalue weighted by molar-refractivity contribution is 7.14. The van der Waals surface area contributed by atoms with Crippen LogP contribution in [0, 0.1) is 0 Å². The van der Waals surface area contributed by atoms with E-state index in [-0.39, 0.29) is 5.69 Å². The molecule has 0 bridgehead atoms. The molecule has 1 aromatic carbocycles. The number of pyridine rings is 1. The Bertz CT molecular complexity index is 889. The van der Waals surface area contributed by atoms with Crippen molar-refractivity contribution in [2.45, 2.75) is 0 Å². The molecule has 8 heteroatoms. The van der Waals surface area contributed by atoms with Crippen molar-refractivity contribution in [1.82, 2.24) is 9.97 Å². The van der Waals surface area contributed by atoms with Gasteiger partial charge in [-0.2, -0.15) is 5.10 Å². The number of thiazole rings is 1. The van der Waals surface area contributed by atoms with Gasteiger partial charge in [-0.25, -0.2) is 14.8 Å². The van der Waals surface area contributed by atoms with E-state index in [1.54, 1.807) is 23.7 Å². The van der Waals surface area contributed by atoms with Gasteiger partial charge in [0, 0.05) is 10.9 Å². The lowest BCUT2D eigenvalue weighted by Crippen LogP contribution is -2.00. The fraction of sp³-hybridized carbons (Fsp3) is 0. The van der Waals surface area contributed by atoms with Gasteiger partial charge in [-0.3, -0.25) is 5.43 Å². The van der Waals surface area contributed by atoms with E-state index in [1.807, 2.05) is 24.3 Å². The number of hydrazone groups is 1. The largest absolute Gasteiger partial charge is 0.477 e. The van der Waals surface area contributed by atoms with E-state index in [0.29, 0.717) is 16.6 Å². The Morgan fingerprint density at radius 3 is 2.67 bits per heavy atom. The number of nitrogen functional groups attached to an aromatic ring is 1. The van der Waals surface area contributed by atoms with E-state index in [4.69, 9.17) is 10.8 Å². The molecule has 0 aliphatic rings. The first-order valence-corrected chi connectivity index (χ1v) is 7.80. The van der Waals surface area contributed by atoms with Crippen LogP contribution in [0.25, 0.3) is 11.3 Å². The number of nitrogens with one attached hydrogen (secondary N) is 1. The molecule has 7 nitrogen and oxygen atoms in total. The molecular formula is C16H13N5O2S. The van der Waals surface area contributed by atoms with Crippen LogP contribution in [0.4, 0.5) is 10.9 Å². The van der Waals surface area contributed by atoms with Crippen LogP contribution in [0.15, 0.2) is 52.9 Å². The summed E-state index contributed by atoms with van der Waals surface area (Å²) in [7, 11) is 0. The minimum atomic E-state index is -1.05. The van der Waals surface area contributed by atoms with Crippen LogP contribution in [-0.2, 0) is 0 Å². The van der Waals surface area contributed by atoms with Crippen molar-refractivity contribution < 1.29 is 9.90 Å². The topological polar surface area (TPSA) is 113 Å². The lowest BCUT2D eigenvalue weighted by atomic mass is 10.1. The number of carboxylic acids is 1.